The maximum Gasteiger partial charge on any atom is 0.149 e. The fourth-order valence-electron chi connectivity index (χ4n) is 1.60. The highest BCUT2D eigenvalue weighted by molar-refractivity contribution is 7.80. The Morgan fingerprint density at radius 1 is 1.26 bits per heavy atom. The van der Waals surface area contributed by atoms with Gasteiger partial charge in [0, 0.05) is 17.3 Å². The molecule has 0 aliphatic carbocycles. The highest BCUT2D eigenvalue weighted by Crippen LogP contribution is 2.20. The number of thiocarbonyl (C=S) groups is 1. The van der Waals surface area contributed by atoms with Crippen molar-refractivity contribution in [1.29, 1.82) is 0 Å². The lowest BCUT2D eigenvalue weighted by Crippen LogP contribution is -2.11. The minimum absolute atomic E-state index is 0.133. The fourth-order valence-corrected chi connectivity index (χ4v) is 1.72. The lowest BCUT2D eigenvalue weighted by Gasteiger charge is -2.09. The van der Waals surface area contributed by atoms with E-state index < -0.39 is 11.6 Å². The van der Waals surface area contributed by atoms with E-state index in [0.717, 1.165) is 12.1 Å². The second kappa shape index (κ2) is 5.27. The molecule has 0 saturated carbocycles. The van der Waals surface area contributed by atoms with Crippen LogP contribution in [0.3, 0.4) is 0 Å². The first-order chi connectivity index (χ1) is 8.95. The number of aryl methyl sites for hydroxylation is 1. The molecular formula is C13H11F2N3S. The van der Waals surface area contributed by atoms with Gasteiger partial charge in [0.2, 0.25) is 0 Å². The first-order valence-corrected chi connectivity index (χ1v) is 5.87. The van der Waals surface area contributed by atoms with Crippen molar-refractivity contribution < 1.29 is 8.78 Å². The number of benzene rings is 1. The summed E-state index contributed by atoms with van der Waals surface area (Å²) < 4.78 is 26.3. The third kappa shape index (κ3) is 3.23. The van der Waals surface area contributed by atoms with Crippen molar-refractivity contribution in [2.45, 2.75) is 6.92 Å². The van der Waals surface area contributed by atoms with Crippen LogP contribution in [-0.2, 0) is 0 Å². The quantitative estimate of drug-likeness (QED) is 0.848. The number of nitrogens with two attached hydrogens (primary N) is 1. The number of nitrogens with one attached hydrogen (secondary N) is 1. The molecule has 19 heavy (non-hydrogen) atoms. The van der Waals surface area contributed by atoms with Crippen molar-refractivity contribution in [2.75, 3.05) is 5.32 Å². The van der Waals surface area contributed by atoms with Crippen LogP contribution in [0, 0.1) is 18.6 Å². The number of halogens is 2. The van der Waals surface area contributed by atoms with Crippen LogP contribution in [0.1, 0.15) is 11.3 Å². The molecule has 98 valence electrons. The summed E-state index contributed by atoms with van der Waals surface area (Å²) in [5, 5.41) is 2.77. The van der Waals surface area contributed by atoms with Crippen molar-refractivity contribution in [3.05, 3.63) is 53.2 Å². The molecule has 0 unspecified atom stereocenters. The lowest BCUT2D eigenvalue weighted by molar-refractivity contribution is 0.586. The summed E-state index contributed by atoms with van der Waals surface area (Å²) in [5.74, 6) is -0.933. The number of nitrogens with zero attached hydrogens (tertiary/aromatic N) is 1. The van der Waals surface area contributed by atoms with Gasteiger partial charge in [-0.2, -0.15) is 0 Å². The maximum atomic E-state index is 13.5. The van der Waals surface area contributed by atoms with Gasteiger partial charge in [0.15, 0.2) is 0 Å². The average molecular weight is 279 g/mol. The molecule has 0 aliphatic heterocycles. The van der Waals surface area contributed by atoms with Crippen LogP contribution in [0.2, 0.25) is 0 Å². The molecule has 0 radical (unpaired) electrons. The Morgan fingerprint density at radius 2 is 2.00 bits per heavy atom. The number of pyridine rings is 1. The summed E-state index contributed by atoms with van der Waals surface area (Å²) in [6.07, 6.45) is 0. The number of rotatable bonds is 3. The predicted molar refractivity (Wildman–Crippen MR) is 74.5 cm³/mol. The molecule has 0 amide bonds. The van der Waals surface area contributed by atoms with Gasteiger partial charge >= 0.3 is 0 Å². The molecule has 0 aliphatic rings. The molecule has 1 heterocycles. The van der Waals surface area contributed by atoms with E-state index in [0.29, 0.717) is 17.1 Å². The van der Waals surface area contributed by atoms with Crippen LogP contribution in [0.15, 0.2) is 30.3 Å². The number of aromatic nitrogens is 1. The van der Waals surface area contributed by atoms with E-state index >= 15 is 0 Å². The van der Waals surface area contributed by atoms with Crippen LogP contribution in [0.4, 0.5) is 20.3 Å². The van der Waals surface area contributed by atoms with Crippen molar-refractivity contribution in [3.8, 4) is 0 Å². The van der Waals surface area contributed by atoms with Crippen LogP contribution >= 0.6 is 12.2 Å². The van der Waals surface area contributed by atoms with Gasteiger partial charge in [-0.15, -0.1) is 0 Å². The van der Waals surface area contributed by atoms with Gasteiger partial charge in [0.25, 0.3) is 0 Å². The summed E-state index contributed by atoms with van der Waals surface area (Å²) in [6.45, 7) is 1.77. The second-order valence-corrected chi connectivity index (χ2v) is 4.44. The van der Waals surface area contributed by atoms with Crippen LogP contribution in [-0.4, -0.2) is 9.97 Å². The normalized spacial score (nSPS) is 10.3. The summed E-state index contributed by atoms with van der Waals surface area (Å²) in [6, 6.07) is 6.60. The largest absolute Gasteiger partial charge is 0.389 e. The van der Waals surface area contributed by atoms with Gasteiger partial charge in [-0.1, -0.05) is 12.2 Å². The molecule has 0 saturated heterocycles. The molecule has 6 heteroatoms. The van der Waals surface area contributed by atoms with Crippen molar-refractivity contribution in [1.82, 2.24) is 4.98 Å². The third-order valence-corrected chi connectivity index (χ3v) is 2.67. The van der Waals surface area contributed by atoms with Gasteiger partial charge in [-0.05, 0) is 31.2 Å². The van der Waals surface area contributed by atoms with Crippen molar-refractivity contribution in [3.63, 3.8) is 0 Å². The molecule has 0 bridgehead atoms. The molecule has 2 rings (SSSR count). The fraction of sp³-hybridized carbons (Fsp3) is 0.0769. The Kier molecular flexibility index (Phi) is 3.71. The Labute approximate surface area is 114 Å². The summed E-state index contributed by atoms with van der Waals surface area (Å²) in [7, 11) is 0. The molecule has 1 aromatic heterocycles. The van der Waals surface area contributed by atoms with E-state index in [1.165, 1.54) is 6.07 Å². The van der Waals surface area contributed by atoms with E-state index in [1.807, 2.05) is 0 Å². The molecule has 2 aromatic rings. The van der Waals surface area contributed by atoms with Gasteiger partial charge in [-0.3, -0.25) is 0 Å². The number of anilines is 2. The van der Waals surface area contributed by atoms with E-state index in [2.05, 4.69) is 10.3 Å². The Hall–Kier alpha value is -2.08. The van der Waals surface area contributed by atoms with Crippen molar-refractivity contribution in [2.24, 2.45) is 5.73 Å². The first-order valence-electron chi connectivity index (χ1n) is 5.46. The Balaban J connectivity index is 2.35. The zero-order valence-electron chi connectivity index (χ0n) is 10.1. The molecular weight excluding hydrogens is 268 g/mol. The number of hydrogen-bond donors (Lipinski definition) is 2. The summed E-state index contributed by atoms with van der Waals surface area (Å²) in [4.78, 5) is 4.42. The molecule has 0 atom stereocenters. The SMILES string of the molecule is Cc1cc(C(N)=S)cc(Nc2ccc(F)cc2F)n1. The van der Waals surface area contributed by atoms with Crippen LogP contribution in [0.5, 0.6) is 0 Å². The predicted octanol–water partition coefficient (Wildman–Crippen LogP) is 3.05. The van der Waals surface area contributed by atoms with E-state index in [4.69, 9.17) is 18.0 Å². The standard InChI is InChI=1S/C13H11F2N3S/c1-7-4-8(13(16)19)5-12(17-7)18-11-3-2-9(14)6-10(11)15/h2-6H,1H3,(H2,16,19)(H,17,18). The van der Waals surface area contributed by atoms with E-state index in [9.17, 15) is 8.78 Å². The zero-order chi connectivity index (χ0) is 14.0. The topological polar surface area (TPSA) is 50.9 Å². The van der Waals surface area contributed by atoms with Gasteiger partial charge < -0.3 is 11.1 Å². The average Bonchev–Trinajstić information content (AvgIpc) is 2.32. The van der Waals surface area contributed by atoms with E-state index in [-0.39, 0.29) is 10.7 Å². The van der Waals surface area contributed by atoms with Crippen molar-refractivity contribution >= 4 is 28.7 Å². The monoisotopic (exact) mass is 279 g/mol. The van der Waals surface area contributed by atoms with Crippen LogP contribution in [0.25, 0.3) is 0 Å². The lowest BCUT2D eigenvalue weighted by atomic mass is 10.2. The van der Waals surface area contributed by atoms with Gasteiger partial charge in [0.1, 0.15) is 22.4 Å². The first kappa shape index (κ1) is 13.4. The molecule has 1 aromatic carbocycles. The Morgan fingerprint density at radius 3 is 2.63 bits per heavy atom. The molecule has 3 N–H and O–H groups in total. The Bertz CT molecular complexity index is 644. The molecule has 0 fully saturated rings. The minimum atomic E-state index is -0.694. The van der Waals surface area contributed by atoms with Gasteiger partial charge in [-0.25, -0.2) is 13.8 Å². The van der Waals surface area contributed by atoms with Gasteiger partial charge in [0.05, 0.1) is 5.69 Å². The highest BCUT2D eigenvalue weighted by Gasteiger charge is 2.07. The molecule has 0 spiro atoms. The van der Waals surface area contributed by atoms with Crippen LogP contribution < -0.4 is 11.1 Å². The highest BCUT2D eigenvalue weighted by atomic mass is 32.1. The summed E-state index contributed by atoms with van der Waals surface area (Å²) >= 11 is 4.89. The van der Waals surface area contributed by atoms with E-state index in [1.54, 1.807) is 19.1 Å². The minimum Gasteiger partial charge on any atom is -0.389 e. The summed E-state index contributed by atoms with van der Waals surface area (Å²) in [5.41, 5.74) is 7.00. The smallest absolute Gasteiger partial charge is 0.149 e. The third-order valence-electron chi connectivity index (χ3n) is 2.43. The number of hydrogen-bond acceptors (Lipinski definition) is 3. The maximum absolute atomic E-state index is 13.5. The molecule has 3 nitrogen and oxygen atoms in total. The zero-order valence-corrected chi connectivity index (χ0v) is 10.9. The second-order valence-electron chi connectivity index (χ2n) is 4.00.